The molecule has 4 nitrogen and oxygen atoms in total. The lowest BCUT2D eigenvalue weighted by Gasteiger charge is -2.34. The minimum absolute atomic E-state index is 0.0442. The second kappa shape index (κ2) is 8.23. The van der Waals surface area contributed by atoms with Gasteiger partial charge in [-0.1, -0.05) is 19.1 Å². The minimum Gasteiger partial charge on any atom is -0.508 e. The number of carbonyl (C=O) groups is 1. The Morgan fingerprint density at radius 2 is 1.87 bits per heavy atom. The SMILES string of the molecule is CC1CCC(N(C)C(=O)NC(C)CCc2ccc(O)cc2)CC1. The Morgan fingerprint density at radius 3 is 2.48 bits per heavy atom. The Bertz CT molecular complexity index is 493. The molecule has 0 aromatic heterocycles. The lowest BCUT2D eigenvalue weighted by molar-refractivity contribution is 0.161. The highest BCUT2D eigenvalue weighted by Crippen LogP contribution is 2.26. The first-order valence-corrected chi connectivity index (χ1v) is 8.77. The van der Waals surface area contributed by atoms with Crippen LogP contribution in [0.3, 0.4) is 0 Å². The molecule has 128 valence electrons. The van der Waals surface area contributed by atoms with Crippen LogP contribution in [-0.4, -0.2) is 35.2 Å². The summed E-state index contributed by atoms with van der Waals surface area (Å²) in [6, 6.07) is 7.84. The zero-order chi connectivity index (χ0) is 16.8. The third kappa shape index (κ3) is 5.45. The number of carbonyl (C=O) groups excluding carboxylic acids is 1. The predicted octanol–water partition coefficient (Wildman–Crippen LogP) is 3.93. The molecule has 1 aromatic rings. The number of aryl methyl sites for hydroxylation is 1. The van der Waals surface area contributed by atoms with Crippen LogP contribution in [0.5, 0.6) is 5.75 Å². The summed E-state index contributed by atoms with van der Waals surface area (Å²) >= 11 is 0. The van der Waals surface area contributed by atoms with E-state index in [0.29, 0.717) is 11.8 Å². The molecule has 0 bridgehead atoms. The molecule has 1 saturated carbocycles. The standard InChI is InChI=1S/C19H30N2O2/c1-14-4-10-17(11-5-14)21(3)19(23)20-15(2)6-7-16-8-12-18(22)13-9-16/h8-9,12-15,17,22H,4-7,10-11H2,1-3H3,(H,20,23). The first-order valence-electron chi connectivity index (χ1n) is 8.77. The molecular formula is C19H30N2O2. The molecule has 1 aliphatic carbocycles. The summed E-state index contributed by atoms with van der Waals surface area (Å²) < 4.78 is 0. The van der Waals surface area contributed by atoms with Crippen molar-refractivity contribution in [2.45, 2.75) is 64.5 Å². The van der Waals surface area contributed by atoms with E-state index in [0.717, 1.165) is 31.6 Å². The molecule has 1 aliphatic rings. The number of rotatable bonds is 5. The number of nitrogens with zero attached hydrogens (tertiary/aromatic N) is 1. The maximum absolute atomic E-state index is 12.4. The number of amides is 2. The number of hydrogen-bond acceptors (Lipinski definition) is 2. The van der Waals surface area contributed by atoms with E-state index in [2.05, 4.69) is 19.2 Å². The van der Waals surface area contributed by atoms with Crippen molar-refractivity contribution >= 4 is 6.03 Å². The van der Waals surface area contributed by atoms with Crippen LogP contribution in [-0.2, 0) is 6.42 Å². The fraction of sp³-hybridized carbons (Fsp3) is 0.632. The Hall–Kier alpha value is -1.71. The van der Waals surface area contributed by atoms with Gasteiger partial charge in [0.05, 0.1) is 0 Å². The van der Waals surface area contributed by atoms with Gasteiger partial charge in [0.2, 0.25) is 0 Å². The lowest BCUT2D eigenvalue weighted by atomic mass is 9.87. The second-order valence-electron chi connectivity index (χ2n) is 7.08. The Morgan fingerprint density at radius 1 is 1.26 bits per heavy atom. The molecule has 1 atom stereocenters. The Balaban J connectivity index is 1.74. The topological polar surface area (TPSA) is 52.6 Å². The highest BCUT2D eigenvalue weighted by atomic mass is 16.3. The van der Waals surface area contributed by atoms with Crippen molar-refractivity contribution in [3.05, 3.63) is 29.8 Å². The number of urea groups is 1. The van der Waals surface area contributed by atoms with Gasteiger partial charge in [-0.3, -0.25) is 0 Å². The first-order chi connectivity index (χ1) is 11.0. The molecule has 0 radical (unpaired) electrons. The highest BCUT2D eigenvalue weighted by Gasteiger charge is 2.25. The van der Waals surface area contributed by atoms with Crippen molar-refractivity contribution in [2.24, 2.45) is 5.92 Å². The largest absolute Gasteiger partial charge is 0.508 e. The summed E-state index contributed by atoms with van der Waals surface area (Å²) in [4.78, 5) is 14.3. The average Bonchev–Trinajstić information content (AvgIpc) is 2.54. The normalized spacial score (nSPS) is 22.4. The highest BCUT2D eigenvalue weighted by molar-refractivity contribution is 5.74. The summed E-state index contributed by atoms with van der Waals surface area (Å²) in [6.07, 6.45) is 6.47. The Labute approximate surface area is 139 Å². The third-order valence-electron chi connectivity index (χ3n) is 5.03. The fourth-order valence-electron chi connectivity index (χ4n) is 3.23. The number of nitrogens with one attached hydrogen (secondary N) is 1. The van der Waals surface area contributed by atoms with Crippen molar-refractivity contribution < 1.29 is 9.90 Å². The van der Waals surface area contributed by atoms with E-state index in [4.69, 9.17) is 0 Å². The quantitative estimate of drug-likeness (QED) is 0.864. The summed E-state index contributed by atoms with van der Waals surface area (Å²) in [5.74, 6) is 1.09. The first kappa shape index (κ1) is 17.6. The van der Waals surface area contributed by atoms with E-state index in [1.165, 1.54) is 18.4 Å². The van der Waals surface area contributed by atoms with Gasteiger partial charge in [0.1, 0.15) is 5.75 Å². The number of phenolic OH excluding ortho intramolecular Hbond substituents is 1. The van der Waals surface area contributed by atoms with Crippen molar-refractivity contribution in [1.82, 2.24) is 10.2 Å². The van der Waals surface area contributed by atoms with Gasteiger partial charge in [-0.2, -0.15) is 0 Å². The van der Waals surface area contributed by atoms with Gasteiger partial charge in [-0.05, 0) is 69.1 Å². The summed E-state index contributed by atoms with van der Waals surface area (Å²) in [5.41, 5.74) is 1.18. The predicted molar refractivity (Wildman–Crippen MR) is 93.6 cm³/mol. The van der Waals surface area contributed by atoms with E-state index in [9.17, 15) is 9.90 Å². The maximum atomic E-state index is 12.4. The van der Waals surface area contributed by atoms with E-state index >= 15 is 0 Å². The van der Waals surface area contributed by atoms with E-state index in [1.54, 1.807) is 12.1 Å². The summed E-state index contributed by atoms with van der Waals surface area (Å²) in [7, 11) is 1.92. The van der Waals surface area contributed by atoms with Crippen LogP contribution in [0.25, 0.3) is 0 Å². The molecule has 0 heterocycles. The van der Waals surface area contributed by atoms with Gasteiger partial charge >= 0.3 is 6.03 Å². The zero-order valence-electron chi connectivity index (χ0n) is 14.6. The molecule has 1 fully saturated rings. The summed E-state index contributed by atoms with van der Waals surface area (Å²) in [5, 5.41) is 12.4. The molecule has 1 aromatic carbocycles. The van der Waals surface area contributed by atoms with Crippen LogP contribution >= 0.6 is 0 Å². The van der Waals surface area contributed by atoms with Crippen molar-refractivity contribution in [2.75, 3.05) is 7.05 Å². The molecule has 1 unspecified atom stereocenters. The van der Waals surface area contributed by atoms with Crippen LogP contribution in [0.1, 0.15) is 51.5 Å². The van der Waals surface area contributed by atoms with Gasteiger partial charge in [0.25, 0.3) is 0 Å². The van der Waals surface area contributed by atoms with Crippen molar-refractivity contribution in [1.29, 1.82) is 0 Å². The van der Waals surface area contributed by atoms with Crippen LogP contribution < -0.4 is 5.32 Å². The smallest absolute Gasteiger partial charge is 0.317 e. The van der Waals surface area contributed by atoms with E-state index < -0.39 is 0 Å². The molecule has 2 rings (SSSR count). The van der Waals surface area contributed by atoms with Crippen LogP contribution in [0.2, 0.25) is 0 Å². The zero-order valence-corrected chi connectivity index (χ0v) is 14.6. The van der Waals surface area contributed by atoms with Crippen LogP contribution in [0, 0.1) is 5.92 Å². The fourth-order valence-corrected chi connectivity index (χ4v) is 3.23. The molecule has 2 amide bonds. The van der Waals surface area contributed by atoms with E-state index in [1.807, 2.05) is 24.1 Å². The summed E-state index contributed by atoms with van der Waals surface area (Å²) in [6.45, 7) is 4.34. The van der Waals surface area contributed by atoms with Gasteiger partial charge in [-0.25, -0.2) is 4.79 Å². The van der Waals surface area contributed by atoms with Crippen LogP contribution in [0.4, 0.5) is 4.79 Å². The number of phenols is 1. The Kier molecular flexibility index (Phi) is 6.31. The monoisotopic (exact) mass is 318 g/mol. The van der Waals surface area contributed by atoms with Crippen LogP contribution in [0.15, 0.2) is 24.3 Å². The minimum atomic E-state index is 0.0442. The van der Waals surface area contributed by atoms with Gasteiger partial charge in [0.15, 0.2) is 0 Å². The molecule has 4 heteroatoms. The molecule has 23 heavy (non-hydrogen) atoms. The number of hydrogen-bond donors (Lipinski definition) is 2. The maximum Gasteiger partial charge on any atom is 0.317 e. The van der Waals surface area contributed by atoms with Gasteiger partial charge in [0, 0.05) is 19.1 Å². The molecule has 0 spiro atoms. The molecule has 0 saturated heterocycles. The van der Waals surface area contributed by atoms with Gasteiger partial charge < -0.3 is 15.3 Å². The lowest BCUT2D eigenvalue weighted by Crippen LogP contribution is -2.47. The molecule has 2 N–H and O–H groups in total. The number of aromatic hydroxyl groups is 1. The molecular weight excluding hydrogens is 288 g/mol. The number of benzene rings is 1. The van der Waals surface area contributed by atoms with Crippen molar-refractivity contribution in [3.8, 4) is 5.75 Å². The van der Waals surface area contributed by atoms with Crippen molar-refractivity contribution in [3.63, 3.8) is 0 Å². The van der Waals surface area contributed by atoms with Gasteiger partial charge in [-0.15, -0.1) is 0 Å². The third-order valence-corrected chi connectivity index (χ3v) is 5.03. The average molecular weight is 318 g/mol. The second-order valence-corrected chi connectivity index (χ2v) is 7.08. The van der Waals surface area contributed by atoms with E-state index in [-0.39, 0.29) is 12.1 Å². The molecule has 0 aliphatic heterocycles.